The van der Waals surface area contributed by atoms with Crippen LogP contribution >= 0.6 is 11.6 Å². The van der Waals surface area contributed by atoms with Crippen LogP contribution in [0.3, 0.4) is 0 Å². The van der Waals surface area contributed by atoms with Crippen molar-refractivity contribution in [3.63, 3.8) is 0 Å². The molecule has 0 fully saturated rings. The van der Waals surface area contributed by atoms with Crippen LogP contribution in [-0.4, -0.2) is 33.5 Å². The van der Waals surface area contributed by atoms with Gasteiger partial charge in [0.1, 0.15) is 9.84 Å². The number of benzene rings is 1. The largest absolute Gasteiger partial charge is 0.317 e. The van der Waals surface area contributed by atoms with Gasteiger partial charge in [0.05, 0.1) is 5.75 Å². The van der Waals surface area contributed by atoms with Crippen LogP contribution in [-0.2, 0) is 16.3 Å². The first-order valence-corrected chi connectivity index (χ1v) is 7.94. The normalized spacial score (nSPS) is 13.6. The minimum absolute atomic E-state index is 0.129. The summed E-state index contributed by atoms with van der Waals surface area (Å²) in [5.41, 5.74) is 1.04. The Morgan fingerprint density at radius 2 is 2.00 bits per heavy atom. The maximum Gasteiger partial charge on any atom is 0.147 e. The zero-order valence-corrected chi connectivity index (χ0v) is 11.7. The number of hydrogen-bond acceptors (Lipinski definition) is 3. The first-order chi connectivity index (χ1) is 7.92. The van der Waals surface area contributed by atoms with Crippen LogP contribution < -0.4 is 5.32 Å². The number of likely N-dealkylation sites (N-methyl/N-ethyl adjacent to an activating group) is 1. The number of nitrogens with one attached hydrogen (secondary N) is 1. The lowest BCUT2D eigenvalue weighted by atomic mass is 10.0. The summed E-state index contributed by atoms with van der Waals surface area (Å²) in [6.45, 7) is 0. The molecule has 0 saturated carbocycles. The van der Waals surface area contributed by atoms with E-state index in [2.05, 4.69) is 5.32 Å². The van der Waals surface area contributed by atoms with E-state index in [0.717, 1.165) is 17.0 Å². The van der Waals surface area contributed by atoms with E-state index in [9.17, 15) is 8.42 Å². The van der Waals surface area contributed by atoms with Crippen molar-refractivity contribution in [2.24, 2.45) is 0 Å². The fraction of sp³-hybridized carbons (Fsp3) is 0.500. The lowest BCUT2D eigenvalue weighted by Crippen LogP contribution is -2.30. The highest BCUT2D eigenvalue weighted by Crippen LogP contribution is 2.17. The molecule has 0 spiro atoms. The molecule has 1 aromatic carbocycles. The van der Waals surface area contributed by atoms with Gasteiger partial charge >= 0.3 is 0 Å². The third kappa shape index (κ3) is 5.52. The third-order valence-corrected chi connectivity index (χ3v) is 4.02. The number of halogens is 1. The standard InChI is InChI=1S/C12H18ClNO2S/c1-14-11(7-8-17(2,15)16)9-10-5-3-4-6-12(10)13/h3-6,11,14H,7-9H2,1-2H3. The Morgan fingerprint density at radius 1 is 1.35 bits per heavy atom. The molecule has 0 amide bonds. The summed E-state index contributed by atoms with van der Waals surface area (Å²) in [6.07, 6.45) is 2.60. The van der Waals surface area contributed by atoms with Gasteiger partial charge in [0.25, 0.3) is 0 Å². The number of sulfone groups is 1. The predicted octanol–water partition coefficient (Wildman–Crippen LogP) is 1.91. The average Bonchev–Trinajstić information content (AvgIpc) is 2.25. The quantitative estimate of drug-likeness (QED) is 0.863. The van der Waals surface area contributed by atoms with E-state index in [1.54, 1.807) is 0 Å². The van der Waals surface area contributed by atoms with Crippen molar-refractivity contribution in [2.45, 2.75) is 18.9 Å². The minimum atomic E-state index is -2.90. The van der Waals surface area contributed by atoms with Crippen molar-refractivity contribution >= 4 is 21.4 Å². The second-order valence-electron chi connectivity index (χ2n) is 4.20. The molecule has 0 aliphatic heterocycles. The topological polar surface area (TPSA) is 46.2 Å². The van der Waals surface area contributed by atoms with Crippen LogP contribution in [0.25, 0.3) is 0 Å². The average molecular weight is 276 g/mol. The Hall–Kier alpha value is -0.580. The zero-order chi connectivity index (χ0) is 12.9. The Kier molecular flexibility index (Phi) is 5.43. The van der Waals surface area contributed by atoms with Crippen LogP contribution in [0.2, 0.25) is 5.02 Å². The van der Waals surface area contributed by atoms with Crippen LogP contribution in [0.5, 0.6) is 0 Å². The van der Waals surface area contributed by atoms with Crippen LogP contribution in [0, 0.1) is 0 Å². The molecule has 0 aliphatic rings. The van der Waals surface area contributed by atoms with Gasteiger partial charge in [-0.05, 0) is 31.5 Å². The molecule has 1 N–H and O–H groups in total. The number of rotatable bonds is 6. The summed E-state index contributed by atoms with van der Waals surface area (Å²) >= 11 is 6.07. The molecule has 17 heavy (non-hydrogen) atoms. The number of hydrogen-bond donors (Lipinski definition) is 1. The van der Waals surface area contributed by atoms with Crippen LogP contribution in [0.15, 0.2) is 24.3 Å². The molecular weight excluding hydrogens is 258 g/mol. The lowest BCUT2D eigenvalue weighted by molar-refractivity contribution is 0.534. The molecule has 0 aromatic heterocycles. The maximum absolute atomic E-state index is 11.1. The fourth-order valence-electron chi connectivity index (χ4n) is 1.63. The van der Waals surface area contributed by atoms with Gasteiger partial charge in [-0.15, -0.1) is 0 Å². The molecule has 0 heterocycles. The summed E-state index contributed by atoms with van der Waals surface area (Å²) < 4.78 is 22.2. The molecule has 3 nitrogen and oxygen atoms in total. The molecular formula is C12H18ClNO2S. The molecule has 1 rings (SSSR count). The summed E-state index contributed by atoms with van der Waals surface area (Å²) in [5, 5.41) is 3.86. The van der Waals surface area contributed by atoms with Gasteiger partial charge in [-0.2, -0.15) is 0 Å². The molecule has 0 aliphatic carbocycles. The highest BCUT2D eigenvalue weighted by Gasteiger charge is 2.12. The molecule has 1 aromatic rings. The molecule has 0 saturated heterocycles. The van der Waals surface area contributed by atoms with E-state index < -0.39 is 9.84 Å². The van der Waals surface area contributed by atoms with Crippen molar-refractivity contribution in [3.05, 3.63) is 34.9 Å². The van der Waals surface area contributed by atoms with E-state index in [4.69, 9.17) is 11.6 Å². The van der Waals surface area contributed by atoms with Crippen molar-refractivity contribution in [1.29, 1.82) is 0 Å². The van der Waals surface area contributed by atoms with Gasteiger partial charge in [-0.3, -0.25) is 0 Å². The van der Waals surface area contributed by atoms with E-state index >= 15 is 0 Å². The third-order valence-electron chi connectivity index (χ3n) is 2.67. The minimum Gasteiger partial charge on any atom is -0.317 e. The summed E-state index contributed by atoms with van der Waals surface area (Å²) in [4.78, 5) is 0. The predicted molar refractivity (Wildman–Crippen MR) is 72.3 cm³/mol. The van der Waals surface area contributed by atoms with Crippen LogP contribution in [0.4, 0.5) is 0 Å². The Morgan fingerprint density at radius 3 is 2.53 bits per heavy atom. The second-order valence-corrected chi connectivity index (χ2v) is 6.87. The molecule has 1 atom stereocenters. The van der Waals surface area contributed by atoms with E-state index in [0.29, 0.717) is 6.42 Å². The highest BCUT2D eigenvalue weighted by atomic mass is 35.5. The van der Waals surface area contributed by atoms with Gasteiger partial charge in [0.15, 0.2) is 0 Å². The summed E-state index contributed by atoms with van der Waals surface area (Å²) in [7, 11) is -1.07. The van der Waals surface area contributed by atoms with Gasteiger partial charge in [0, 0.05) is 17.3 Å². The molecule has 5 heteroatoms. The van der Waals surface area contributed by atoms with E-state index in [1.807, 2.05) is 31.3 Å². The SMILES string of the molecule is CNC(CCS(C)(=O)=O)Cc1ccccc1Cl. The second kappa shape index (κ2) is 6.38. The molecule has 1 unspecified atom stereocenters. The summed E-state index contributed by atoms with van der Waals surface area (Å²) in [6, 6.07) is 7.76. The smallest absolute Gasteiger partial charge is 0.147 e. The maximum atomic E-state index is 11.1. The van der Waals surface area contributed by atoms with Crippen LogP contribution in [0.1, 0.15) is 12.0 Å². The van der Waals surface area contributed by atoms with E-state index in [-0.39, 0.29) is 11.8 Å². The van der Waals surface area contributed by atoms with E-state index in [1.165, 1.54) is 6.26 Å². The van der Waals surface area contributed by atoms with Crippen molar-refractivity contribution in [3.8, 4) is 0 Å². The van der Waals surface area contributed by atoms with Crippen molar-refractivity contribution in [2.75, 3.05) is 19.1 Å². The summed E-state index contributed by atoms with van der Waals surface area (Å²) in [5.74, 6) is 0.197. The zero-order valence-electron chi connectivity index (χ0n) is 10.1. The van der Waals surface area contributed by atoms with Gasteiger partial charge in [0.2, 0.25) is 0 Å². The first kappa shape index (κ1) is 14.5. The molecule has 96 valence electrons. The monoisotopic (exact) mass is 275 g/mol. The molecule has 0 bridgehead atoms. The van der Waals surface area contributed by atoms with Crippen molar-refractivity contribution < 1.29 is 8.42 Å². The highest BCUT2D eigenvalue weighted by molar-refractivity contribution is 7.90. The molecule has 0 radical (unpaired) electrons. The van der Waals surface area contributed by atoms with Crippen molar-refractivity contribution in [1.82, 2.24) is 5.32 Å². The first-order valence-electron chi connectivity index (χ1n) is 5.51. The van der Waals surface area contributed by atoms with Gasteiger partial charge < -0.3 is 5.32 Å². The Labute approximate surface area is 108 Å². The lowest BCUT2D eigenvalue weighted by Gasteiger charge is -2.16. The van der Waals surface area contributed by atoms with Gasteiger partial charge in [-0.1, -0.05) is 29.8 Å². The Balaban J connectivity index is 2.61. The Bertz CT molecular complexity index is 459. The van der Waals surface area contributed by atoms with Gasteiger partial charge in [-0.25, -0.2) is 8.42 Å². The fourth-order valence-corrected chi connectivity index (χ4v) is 2.56.